The largest absolute Gasteiger partial charge is 0.489 e. The normalized spacial score (nSPS) is 11.7. The van der Waals surface area contributed by atoms with Crippen LogP contribution in [0.3, 0.4) is 0 Å². The molecule has 164 valence electrons. The Labute approximate surface area is 198 Å². The number of alkyl halides is 3. The van der Waals surface area contributed by atoms with Crippen molar-refractivity contribution in [3.05, 3.63) is 96.7 Å². The van der Waals surface area contributed by atoms with Gasteiger partial charge in [0.25, 0.3) is 0 Å². The number of hydrogen-bond donors (Lipinski definition) is 0. The zero-order chi connectivity index (χ0) is 23.0. The Morgan fingerprint density at radius 2 is 1.62 bits per heavy atom. The van der Waals surface area contributed by atoms with Crippen molar-refractivity contribution in [2.45, 2.75) is 12.8 Å². The van der Waals surface area contributed by atoms with Gasteiger partial charge in [-0.1, -0.05) is 57.3 Å². The lowest BCUT2D eigenvalue weighted by Crippen LogP contribution is -2.16. The van der Waals surface area contributed by atoms with E-state index in [-0.39, 0.29) is 28.9 Å². The van der Waals surface area contributed by atoms with Crippen LogP contribution in [0.5, 0.6) is 5.75 Å². The first-order chi connectivity index (χ1) is 15.1. The summed E-state index contributed by atoms with van der Waals surface area (Å²) in [6.07, 6.45) is -4.88. The van der Waals surface area contributed by atoms with Crippen molar-refractivity contribution in [2.24, 2.45) is 0 Å². The molecule has 0 fully saturated rings. The van der Waals surface area contributed by atoms with Gasteiger partial charge in [-0.25, -0.2) is 0 Å². The predicted octanol–water partition coefficient (Wildman–Crippen LogP) is 8.13. The number of ether oxygens (including phenoxy) is 1. The number of rotatable bonds is 4. The highest BCUT2D eigenvalue weighted by Gasteiger charge is 2.39. The quantitative estimate of drug-likeness (QED) is 0.261. The first-order valence-electron chi connectivity index (χ1n) is 9.15. The first kappa shape index (κ1) is 22.7. The van der Waals surface area contributed by atoms with E-state index in [0.717, 1.165) is 0 Å². The van der Waals surface area contributed by atoms with E-state index in [1.807, 2.05) is 0 Å². The highest BCUT2D eigenvalue weighted by atomic mass is 79.9. The summed E-state index contributed by atoms with van der Waals surface area (Å²) in [6.45, 7) is -0.0165. The van der Waals surface area contributed by atoms with Crippen LogP contribution in [-0.4, -0.2) is 0 Å². The van der Waals surface area contributed by atoms with E-state index in [9.17, 15) is 18.0 Å². The van der Waals surface area contributed by atoms with Crippen molar-refractivity contribution in [3.8, 4) is 16.9 Å². The lowest BCUT2D eigenvalue weighted by Gasteiger charge is -2.14. The van der Waals surface area contributed by atoms with E-state index in [4.69, 9.17) is 32.4 Å². The van der Waals surface area contributed by atoms with Gasteiger partial charge in [0, 0.05) is 26.1 Å². The van der Waals surface area contributed by atoms with Crippen molar-refractivity contribution in [3.63, 3.8) is 0 Å². The smallest absolute Gasteiger partial charge is 0.450 e. The average Bonchev–Trinajstić information content (AvgIpc) is 2.73. The van der Waals surface area contributed by atoms with E-state index in [2.05, 4.69) is 15.9 Å². The Morgan fingerprint density at radius 1 is 0.969 bits per heavy atom. The summed E-state index contributed by atoms with van der Waals surface area (Å²) in [5.41, 5.74) is -0.953. The molecule has 0 aliphatic rings. The zero-order valence-electron chi connectivity index (χ0n) is 16.0. The molecule has 0 N–H and O–H groups in total. The molecule has 1 heterocycles. The van der Waals surface area contributed by atoms with Gasteiger partial charge in [0.2, 0.25) is 11.2 Å². The van der Waals surface area contributed by atoms with Crippen LogP contribution in [0.25, 0.3) is 22.1 Å². The maximum Gasteiger partial charge on any atom is 0.450 e. The summed E-state index contributed by atoms with van der Waals surface area (Å²) in [6, 6.07) is 15.0. The maximum absolute atomic E-state index is 13.8. The Bertz CT molecular complexity index is 1350. The van der Waals surface area contributed by atoms with Crippen LogP contribution >= 0.6 is 39.1 Å². The van der Waals surface area contributed by atoms with Crippen LogP contribution in [0.4, 0.5) is 13.2 Å². The molecule has 0 spiro atoms. The van der Waals surface area contributed by atoms with Gasteiger partial charge in [-0.05, 0) is 42.0 Å². The summed E-state index contributed by atoms with van der Waals surface area (Å²) in [4.78, 5) is 13.0. The molecule has 0 saturated heterocycles. The van der Waals surface area contributed by atoms with E-state index >= 15 is 0 Å². The van der Waals surface area contributed by atoms with Crippen LogP contribution in [0.1, 0.15) is 11.3 Å². The van der Waals surface area contributed by atoms with Gasteiger partial charge in [-0.15, -0.1) is 0 Å². The molecule has 3 nitrogen and oxygen atoms in total. The lowest BCUT2D eigenvalue weighted by molar-refractivity contribution is -0.152. The van der Waals surface area contributed by atoms with Gasteiger partial charge >= 0.3 is 6.18 Å². The second kappa shape index (κ2) is 8.81. The fourth-order valence-electron chi connectivity index (χ4n) is 3.17. The minimum absolute atomic E-state index is 0.000885. The molecule has 0 amide bonds. The standard InChI is InChI=1S/C23H12BrCl2F3O3/c24-13-6-4-12(5-7-13)20-21(30)15-9-8-14(10-19(15)32-22(20)23(27,28)29)31-11-16-17(25)2-1-3-18(16)26/h1-10H,11H2. The third-order valence-electron chi connectivity index (χ3n) is 4.70. The number of benzene rings is 3. The van der Waals surface area contributed by atoms with Gasteiger partial charge < -0.3 is 9.15 Å². The molecule has 3 aromatic carbocycles. The number of halogens is 6. The molecule has 0 radical (unpaired) electrons. The predicted molar refractivity (Wildman–Crippen MR) is 121 cm³/mol. The topological polar surface area (TPSA) is 39.4 Å². The first-order valence-corrected chi connectivity index (χ1v) is 10.7. The Balaban J connectivity index is 1.79. The highest BCUT2D eigenvalue weighted by Crippen LogP contribution is 2.38. The van der Waals surface area contributed by atoms with Crippen LogP contribution in [0, 0.1) is 0 Å². The summed E-state index contributed by atoms with van der Waals surface area (Å²) in [5.74, 6) is -1.18. The Morgan fingerprint density at radius 3 is 2.25 bits per heavy atom. The minimum atomic E-state index is -4.88. The molecular weight excluding hydrogens is 532 g/mol. The average molecular weight is 544 g/mol. The molecule has 4 rings (SSSR count). The zero-order valence-corrected chi connectivity index (χ0v) is 19.1. The monoisotopic (exact) mass is 542 g/mol. The second-order valence-corrected chi connectivity index (χ2v) is 8.52. The SMILES string of the molecule is O=c1c(-c2ccc(Br)cc2)c(C(F)(F)F)oc2cc(OCc3c(Cl)cccc3Cl)ccc12. The highest BCUT2D eigenvalue weighted by molar-refractivity contribution is 9.10. The summed E-state index contributed by atoms with van der Waals surface area (Å²) in [7, 11) is 0. The van der Waals surface area contributed by atoms with Gasteiger partial charge in [-0.3, -0.25) is 4.79 Å². The molecule has 9 heteroatoms. The van der Waals surface area contributed by atoms with E-state index in [1.165, 1.54) is 30.3 Å². The molecule has 0 unspecified atom stereocenters. The van der Waals surface area contributed by atoms with Crippen molar-refractivity contribution in [1.82, 2.24) is 0 Å². The third kappa shape index (κ3) is 4.51. The fourth-order valence-corrected chi connectivity index (χ4v) is 3.94. The summed E-state index contributed by atoms with van der Waals surface area (Å²) < 4.78 is 52.8. The summed E-state index contributed by atoms with van der Waals surface area (Å²) in [5, 5.41) is 0.783. The third-order valence-corrected chi connectivity index (χ3v) is 5.94. The molecule has 0 bridgehead atoms. The van der Waals surface area contributed by atoms with Gasteiger partial charge in [0.15, 0.2) is 0 Å². The van der Waals surface area contributed by atoms with Gasteiger partial charge in [-0.2, -0.15) is 13.2 Å². The molecule has 0 aliphatic heterocycles. The molecule has 4 aromatic rings. The Kier molecular flexibility index (Phi) is 6.25. The molecule has 0 atom stereocenters. The fraction of sp³-hybridized carbons (Fsp3) is 0.0870. The molecule has 1 aromatic heterocycles. The minimum Gasteiger partial charge on any atom is -0.489 e. The van der Waals surface area contributed by atoms with Crippen LogP contribution in [0.2, 0.25) is 10.0 Å². The van der Waals surface area contributed by atoms with Crippen molar-refractivity contribution in [2.75, 3.05) is 0 Å². The number of hydrogen-bond acceptors (Lipinski definition) is 3. The van der Waals surface area contributed by atoms with E-state index < -0.39 is 22.9 Å². The van der Waals surface area contributed by atoms with Crippen molar-refractivity contribution in [1.29, 1.82) is 0 Å². The van der Waals surface area contributed by atoms with Gasteiger partial charge in [0.1, 0.15) is 17.9 Å². The molecule has 0 saturated carbocycles. The van der Waals surface area contributed by atoms with Crippen LogP contribution in [0.15, 0.2) is 74.3 Å². The number of fused-ring (bicyclic) bond motifs is 1. The van der Waals surface area contributed by atoms with Crippen molar-refractivity contribution < 1.29 is 22.3 Å². The van der Waals surface area contributed by atoms with E-state index in [1.54, 1.807) is 30.3 Å². The molecular formula is C23H12BrCl2F3O3. The van der Waals surface area contributed by atoms with Crippen LogP contribution < -0.4 is 10.2 Å². The summed E-state index contributed by atoms with van der Waals surface area (Å²) >= 11 is 15.5. The lowest BCUT2D eigenvalue weighted by atomic mass is 10.0. The maximum atomic E-state index is 13.8. The second-order valence-electron chi connectivity index (χ2n) is 6.79. The molecule has 0 aliphatic carbocycles. The van der Waals surface area contributed by atoms with E-state index in [0.29, 0.717) is 20.1 Å². The van der Waals surface area contributed by atoms with Crippen LogP contribution in [-0.2, 0) is 12.8 Å². The van der Waals surface area contributed by atoms with Crippen molar-refractivity contribution >= 4 is 50.1 Å². The Hall–Kier alpha value is -2.48. The van der Waals surface area contributed by atoms with Gasteiger partial charge in [0.05, 0.1) is 10.9 Å². The molecule has 32 heavy (non-hydrogen) atoms.